The largest absolute Gasteiger partial charge is 0.416 e. The quantitative estimate of drug-likeness (QED) is 0.183. The molecule has 3 nitrogen and oxygen atoms in total. The van der Waals surface area contributed by atoms with E-state index in [-0.39, 0.29) is 11.2 Å². The minimum Gasteiger partial charge on any atom is -0.416 e. The van der Waals surface area contributed by atoms with E-state index in [0.29, 0.717) is 11.8 Å². The highest BCUT2D eigenvalue weighted by atomic mass is 19.1. The summed E-state index contributed by atoms with van der Waals surface area (Å²) in [6.45, 7) is 4.54. The van der Waals surface area contributed by atoms with Gasteiger partial charge in [-0.05, 0) is 65.4 Å². The monoisotopic (exact) mass is 496 g/mol. The molecule has 0 atom stereocenters. The Hall–Kier alpha value is -3.27. The van der Waals surface area contributed by atoms with Crippen LogP contribution >= 0.6 is 0 Å². The summed E-state index contributed by atoms with van der Waals surface area (Å²) < 4.78 is 19.7. The van der Waals surface area contributed by atoms with Crippen LogP contribution in [0.15, 0.2) is 71.1 Å². The molecule has 0 fully saturated rings. The summed E-state index contributed by atoms with van der Waals surface area (Å²) in [6.07, 6.45) is 12.2. The maximum absolute atomic E-state index is 13.5. The number of halogens is 1. The minimum absolute atomic E-state index is 0.0610. The zero-order chi connectivity index (χ0) is 25.7. The number of aromatic nitrogens is 2. The molecule has 0 N–H and O–H groups in total. The Morgan fingerprint density at radius 1 is 0.649 bits per heavy atom. The molecule has 1 aliphatic carbocycles. The van der Waals surface area contributed by atoms with Crippen molar-refractivity contribution in [2.24, 2.45) is 0 Å². The molecule has 37 heavy (non-hydrogen) atoms. The van der Waals surface area contributed by atoms with Gasteiger partial charge >= 0.3 is 0 Å². The van der Waals surface area contributed by atoms with Gasteiger partial charge in [-0.25, -0.2) is 4.39 Å². The molecule has 1 aliphatic rings. The summed E-state index contributed by atoms with van der Waals surface area (Å²) in [4.78, 5) is 0. The fourth-order valence-electron chi connectivity index (χ4n) is 6.13. The van der Waals surface area contributed by atoms with Crippen molar-refractivity contribution < 1.29 is 8.81 Å². The third-order valence-corrected chi connectivity index (χ3v) is 7.94. The molecule has 0 saturated heterocycles. The molecule has 1 heterocycles. The van der Waals surface area contributed by atoms with Gasteiger partial charge in [0.1, 0.15) is 5.82 Å². The fourth-order valence-corrected chi connectivity index (χ4v) is 6.13. The van der Waals surface area contributed by atoms with Crippen molar-refractivity contribution in [1.29, 1.82) is 0 Å². The summed E-state index contributed by atoms with van der Waals surface area (Å²) in [5.41, 5.74) is 7.11. The predicted octanol–water partition coefficient (Wildman–Crippen LogP) is 9.75. The highest BCUT2D eigenvalue weighted by Crippen LogP contribution is 2.56. The van der Waals surface area contributed by atoms with E-state index < -0.39 is 0 Å². The van der Waals surface area contributed by atoms with Crippen LogP contribution in [0.1, 0.15) is 89.2 Å². The van der Waals surface area contributed by atoms with Crippen LogP contribution in [0.4, 0.5) is 4.39 Å². The first-order chi connectivity index (χ1) is 18.2. The Balaban J connectivity index is 1.61. The summed E-state index contributed by atoms with van der Waals surface area (Å²) >= 11 is 0. The second-order valence-corrected chi connectivity index (χ2v) is 10.4. The average molecular weight is 497 g/mol. The molecule has 0 aliphatic heterocycles. The number of rotatable bonds is 12. The van der Waals surface area contributed by atoms with E-state index in [9.17, 15) is 4.39 Å². The summed E-state index contributed by atoms with van der Waals surface area (Å²) in [5, 5.41) is 8.85. The summed E-state index contributed by atoms with van der Waals surface area (Å²) in [5.74, 6) is 0.674. The lowest BCUT2D eigenvalue weighted by Crippen LogP contribution is -2.26. The topological polar surface area (TPSA) is 38.9 Å². The minimum atomic E-state index is -0.280. The van der Waals surface area contributed by atoms with Crippen molar-refractivity contribution in [2.75, 3.05) is 0 Å². The van der Waals surface area contributed by atoms with Crippen molar-refractivity contribution in [3.8, 4) is 34.0 Å². The van der Waals surface area contributed by atoms with Gasteiger partial charge in [0, 0.05) is 16.5 Å². The molecule has 1 aromatic heterocycles. The zero-order valence-corrected chi connectivity index (χ0v) is 22.1. The van der Waals surface area contributed by atoms with Gasteiger partial charge in [0.05, 0.1) is 0 Å². The molecule has 0 unspecified atom stereocenters. The van der Waals surface area contributed by atoms with Gasteiger partial charge in [-0.3, -0.25) is 0 Å². The van der Waals surface area contributed by atoms with Crippen molar-refractivity contribution in [3.63, 3.8) is 0 Å². The number of hydrogen-bond donors (Lipinski definition) is 0. The Morgan fingerprint density at radius 2 is 1.27 bits per heavy atom. The van der Waals surface area contributed by atoms with Crippen LogP contribution in [0.3, 0.4) is 0 Å². The molecule has 5 rings (SSSR count). The molecule has 0 radical (unpaired) electrons. The highest BCUT2D eigenvalue weighted by molar-refractivity contribution is 5.87. The Bertz CT molecular complexity index is 1310. The van der Waals surface area contributed by atoms with Gasteiger partial charge in [-0.15, -0.1) is 10.2 Å². The molecule has 3 aromatic carbocycles. The van der Waals surface area contributed by atoms with Gasteiger partial charge in [0.15, 0.2) is 0 Å². The van der Waals surface area contributed by atoms with Gasteiger partial charge in [0.25, 0.3) is 0 Å². The van der Waals surface area contributed by atoms with Gasteiger partial charge < -0.3 is 4.42 Å². The molecule has 0 amide bonds. The number of unbranched alkanes of at least 4 members (excludes halogenated alkanes) is 6. The Kier molecular flexibility index (Phi) is 7.83. The van der Waals surface area contributed by atoms with Crippen LogP contribution in [0.25, 0.3) is 34.0 Å². The third kappa shape index (κ3) is 4.99. The van der Waals surface area contributed by atoms with E-state index in [1.54, 1.807) is 12.1 Å². The smallest absolute Gasteiger partial charge is 0.248 e. The van der Waals surface area contributed by atoms with Crippen LogP contribution in [0.2, 0.25) is 0 Å². The van der Waals surface area contributed by atoms with E-state index in [4.69, 9.17) is 4.42 Å². The Labute approximate surface area is 220 Å². The van der Waals surface area contributed by atoms with Crippen LogP contribution in [-0.2, 0) is 5.41 Å². The van der Waals surface area contributed by atoms with Gasteiger partial charge in [0.2, 0.25) is 11.8 Å². The van der Waals surface area contributed by atoms with E-state index >= 15 is 0 Å². The molecular formula is C33H37FN2O. The van der Waals surface area contributed by atoms with Crippen molar-refractivity contribution in [3.05, 3.63) is 83.7 Å². The molecule has 0 bridgehead atoms. The first-order valence-corrected chi connectivity index (χ1v) is 14.0. The molecule has 192 valence electrons. The highest BCUT2D eigenvalue weighted by Gasteiger charge is 2.44. The second-order valence-electron chi connectivity index (χ2n) is 10.4. The Morgan fingerprint density at radius 3 is 1.97 bits per heavy atom. The third-order valence-electron chi connectivity index (χ3n) is 7.94. The van der Waals surface area contributed by atoms with E-state index in [1.165, 1.54) is 85.8 Å². The fraction of sp³-hybridized carbons (Fsp3) is 0.394. The first-order valence-electron chi connectivity index (χ1n) is 14.0. The van der Waals surface area contributed by atoms with Crippen molar-refractivity contribution >= 4 is 0 Å². The number of fused-ring (bicyclic) bond motifs is 3. The number of nitrogens with zero attached hydrogens (tertiary/aromatic N) is 2. The molecule has 4 aromatic rings. The van der Waals surface area contributed by atoms with Gasteiger partial charge in [-0.2, -0.15) is 0 Å². The maximum atomic E-state index is 13.5. The van der Waals surface area contributed by atoms with Crippen LogP contribution in [0.5, 0.6) is 0 Å². The standard InChI is InChI=1S/C33H37FN2O/c1-3-5-7-11-22-33(23-12-8-6-4-2)29-17-10-9-14-26(29)27-15-13-16-28(30(27)33)32-36-35-31(37-32)24-18-20-25(34)21-19-24/h9-10,13-21H,3-8,11-12,22-23H2,1-2H3. The average Bonchev–Trinajstić information content (AvgIpc) is 3.52. The number of hydrogen-bond acceptors (Lipinski definition) is 3. The SMILES string of the molecule is CCCCCCC1(CCCCCC)c2ccccc2-c2cccc(-c3nnc(-c4ccc(F)cc4)o3)c21. The van der Waals surface area contributed by atoms with Crippen LogP contribution in [0, 0.1) is 5.82 Å². The predicted molar refractivity (Wildman–Crippen MR) is 149 cm³/mol. The molecule has 0 spiro atoms. The molecule has 4 heteroatoms. The van der Waals surface area contributed by atoms with E-state index in [1.807, 2.05) is 0 Å². The van der Waals surface area contributed by atoms with Crippen LogP contribution in [-0.4, -0.2) is 10.2 Å². The molecule has 0 saturated carbocycles. The van der Waals surface area contributed by atoms with Crippen molar-refractivity contribution in [1.82, 2.24) is 10.2 Å². The summed E-state index contributed by atoms with van der Waals surface area (Å²) in [6, 6.07) is 21.7. The number of benzene rings is 3. The lowest BCUT2D eigenvalue weighted by atomic mass is 9.69. The lowest BCUT2D eigenvalue weighted by Gasteiger charge is -2.34. The second kappa shape index (κ2) is 11.4. The van der Waals surface area contributed by atoms with E-state index in [2.05, 4.69) is 66.5 Å². The van der Waals surface area contributed by atoms with Crippen LogP contribution < -0.4 is 0 Å². The van der Waals surface area contributed by atoms with E-state index in [0.717, 1.165) is 24.0 Å². The first kappa shape index (κ1) is 25.4. The van der Waals surface area contributed by atoms with Crippen molar-refractivity contribution in [2.45, 2.75) is 83.5 Å². The summed E-state index contributed by atoms with van der Waals surface area (Å²) in [7, 11) is 0. The normalized spacial score (nSPS) is 13.5. The maximum Gasteiger partial charge on any atom is 0.248 e. The molecular weight excluding hydrogens is 459 g/mol. The zero-order valence-electron chi connectivity index (χ0n) is 22.1. The lowest BCUT2D eigenvalue weighted by molar-refractivity contribution is 0.401. The van der Waals surface area contributed by atoms with Gasteiger partial charge in [-0.1, -0.05) is 102 Å².